The van der Waals surface area contributed by atoms with Gasteiger partial charge in [-0.15, -0.1) is 0 Å². The van der Waals surface area contributed by atoms with Crippen LogP contribution in [0.1, 0.15) is 43.0 Å². The first-order valence-electron chi connectivity index (χ1n) is 9.53. The van der Waals surface area contributed by atoms with Gasteiger partial charge in [0.1, 0.15) is 0 Å². The number of anilines is 1. The molecule has 2 aliphatic rings. The minimum atomic E-state index is -0.948. The first kappa shape index (κ1) is 19.1. The molecule has 6 heteroatoms. The van der Waals surface area contributed by atoms with Crippen molar-refractivity contribution in [2.75, 3.05) is 18.4 Å². The first-order valence-corrected chi connectivity index (χ1v) is 9.53. The van der Waals surface area contributed by atoms with E-state index in [1.165, 1.54) is 0 Å². The second-order valence-corrected chi connectivity index (χ2v) is 7.54. The summed E-state index contributed by atoms with van der Waals surface area (Å²) in [5.41, 5.74) is 1.18. The quantitative estimate of drug-likeness (QED) is 0.797. The van der Waals surface area contributed by atoms with Crippen molar-refractivity contribution in [2.24, 2.45) is 17.8 Å². The predicted octanol–water partition coefficient (Wildman–Crippen LogP) is 3.16. The highest BCUT2D eigenvalue weighted by atomic mass is 16.4. The van der Waals surface area contributed by atoms with E-state index >= 15 is 0 Å². The average Bonchev–Trinajstić information content (AvgIpc) is 2.68. The number of rotatable bonds is 4. The summed E-state index contributed by atoms with van der Waals surface area (Å²) >= 11 is 0. The van der Waals surface area contributed by atoms with Gasteiger partial charge in [0.15, 0.2) is 0 Å². The van der Waals surface area contributed by atoms with E-state index in [0.29, 0.717) is 30.0 Å². The van der Waals surface area contributed by atoms with Crippen molar-refractivity contribution in [1.82, 2.24) is 4.90 Å². The molecular formula is C21H26N2O4. The Hall–Kier alpha value is -2.63. The molecule has 1 aliphatic heterocycles. The lowest BCUT2D eigenvalue weighted by Crippen LogP contribution is -2.37. The van der Waals surface area contributed by atoms with Crippen LogP contribution < -0.4 is 5.32 Å². The number of aliphatic carboxylic acids is 1. The Kier molecular flexibility index (Phi) is 5.94. The number of piperidine rings is 1. The first-order chi connectivity index (χ1) is 13.0. The highest BCUT2D eigenvalue weighted by Gasteiger charge is 2.34. The fourth-order valence-electron chi connectivity index (χ4n) is 3.70. The standard InChI is InChI=1S/C21H26N2O4/c1-14-10-12-23(13-11-14)20(25)15-6-8-16(9-7-15)22-19(24)17-4-2-3-5-18(17)21(26)27/h2-3,6-9,14,17-18H,4-5,10-13H2,1H3,(H,22,24)(H,26,27)/t17-,18+/m1/s1. The third-order valence-corrected chi connectivity index (χ3v) is 5.56. The van der Waals surface area contributed by atoms with Crippen molar-refractivity contribution < 1.29 is 19.5 Å². The molecule has 0 aromatic heterocycles. The Bertz CT molecular complexity index is 733. The molecule has 0 spiro atoms. The van der Waals surface area contributed by atoms with Gasteiger partial charge in [0.25, 0.3) is 5.91 Å². The van der Waals surface area contributed by atoms with Crippen molar-refractivity contribution in [1.29, 1.82) is 0 Å². The number of amides is 2. The molecule has 0 radical (unpaired) electrons. The molecule has 0 bridgehead atoms. The van der Waals surface area contributed by atoms with Crippen LogP contribution in [0.3, 0.4) is 0 Å². The largest absolute Gasteiger partial charge is 0.481 e. The lowest BCUT2D eigenvalue weighted by atomic mass is 9.82. The van der Waals surface area contributed by atoms with E-state index in [-0.39, 0.29) is 11.8 Å². The summed E-state index contributed by atoms with van der Waals surface area (Å²) in [7, 11) is 0. The number of carbonyl (C=O) groups excluding carboxylic acids is 2. The topological polar surface area (TPSA) is 86.7 Å². The molecule has 27 heavy (non-hydrogen) atoms. The number of hydrogen-bond donors (Lipinski definition) is 2. The maximum atomic E-state index is 12.6. The van der Waals surface area contributed by atoms with Crippen molar-refractivity contribution >= 4 is 23.5 Å². The van der Waals surface area contributed by atoms with Gasteiger partial charge in [0, 0.05) is 24.3 Å². The van der Waals surface area contributed by atoms with Crippen LogP contribution in [0.5, 0.6) is 0 Å². The maximum absolute atomic E-state index is 12.6. The fraction of sp³-hybridized carbons (Fsp3) is 0.476. The molecule has 1 aromatic rings. The molecule has 2 atom stereocenters. The Morgan fingerprint density at radius 3 is 2.19 bits per heavy atom. The predicted molar refractivity (Wildman–Crippen MR) is 102 cm³/mol. The van der Waals surface area contributed by atoms with E-state index in [0.717, 1.165) is 25.9 Å². The number of likely N-dealkylation sites (tertiary alicyclic amines) is 1. The van der Waals surface area contributed by atoms with Crippen LogP contribution in [-0.4, -0.2) is 40.9 Å². The number of carboxylic acid groups (broad SMARTS) is 1. The Labute approximate surface area is 159 Å². The molecule has 1 aliphatic carbocycles. The average molecular weight is 370 g/mol. The van der Waals surface area contributed by atoms with Gasteiger partial charge in [-0.3, -0.25) is 14.4 Å². The third-order valence-electron chi connectivity index (χ3n) is 5.56. The molecule has 0 unspecified atom stereocenters. The van der Waals surface area contributed by atoms with Crippen LogP contribution >= 0.6 is 0 Å². The zero-order chi connectivity index (χ0) is 19.4. The summed E-state index contributed by atoms with van der Waals surface area (Å²) in [6, 6.07) is 6.83. The van der Waals surface area contributed by atoms with E-state index < -0.39 is 17.8 Å². The summed E-state index contributed by atoms with van der Waals surface area (Å²) in [6.07, 6.45) is 6.51. The van der Waals surface area contributed by atoms with Crippen molar-refractivity contribution in [3.05, 3.63) is 42.0 Å². The van der Waals surface area contributed by atoms with E-state index in [2.05, 4.69) is 12.2 Å². The number of benzene rings is 1. The number of hydrogen-bond acceptors (Lipinski definition) is 3. The molecule has 1 aromatic carbocycles. The highest BCUT2D eigenvalue weighted by molar-refractivity contribution is 5.97. The fourth-order valence-corrected chi connectivity index (χ4v) is 3.70. The van der Waals surface area contributed by atoms with E-state index in [9.17, 15) is 19.5 Å². The summed E-state index contributed by atoms with van der Waals surface area (Å²) in [5.74, 6) is -1.84. The minimum Gasteiger partial charge on any atom is -0.481 e. The molecule has 1 fully saturated rings. The van der Waals surface area contributed by atoms with E-state index in [1.54, 1.807) is 24.3 Å². The number of nitrogens with zero attached hydrogens (tertiary/aromatic N) is 1. The SMILES string of the molecule is CC1CCN(C(=O)c2ccc(NC(=O)[C@@H]3CC=CC[C@@H]3C(=O)O)cc2)CC1. The van der Waals surface area contributed by atoms with Crippen LogP contribution in [0.25, 0.3) is 0 Å². The van der Waals surface area contributed by atoms with E-state index in [1.807, 2.05) is 17.1 Å². The Balaban J connectivity index is 1.62. The lowest BCUT2D eigenvalue weighted by Gasteiger charge is -2.30. The van der Waals surface area contributed by atoms with Gasteiger partial charge in [0.2, 0.25) is 5.91 Å². The molecule has 3 rings (SSSR count). The smallest absolute Gasteiger partial charge is 0.307 e. The molecule has 1 heterocycles. The van der Waals surface area contributed by atoms with Crippen molar-refractivity contribution in [2.45, 2.75) is 32.6 Å². The molecule has 1 saturated heterocycles. The molecule has 2 N–H and O–H groups in total. The van der Waals surface area contributed by atoms with E-state index in [4.69, 9.17) is 0 Å². The van der Waals surface area contributed by atoms with Gasteiger partial charge in [-0.25, -0.2) is 0 Å². The second kappa shape index (κ2) is 8.37. The van der Waals surface area contributed by atoms with Crippen molar-refractivity contribution in [3.63, 3.8) is 0 Å². The second-order valence-electron chi connectivity index (χ2n) is 7.54. The minimum absolute atomic E-state index is 0.0168. The monoisotopic (exact) mass is 370 g/mol. The number of carboxylic acids is 1. The zero-order valence-electron chi connectivity index (χ0n) is 15.6. The van der Waals surface area contributed by atoms with Gasteiger partial charge in [-0.2, -0.15) is 0 Å². The Morgan fingerprint density at radius 1 is 1.00 bits per heavy atom. The molecular weight excluding hydrogens is 344 g/mol. The number of allylic oxidation sites excluding steroid dienone is 2. The zero-order valence-corrected chi connectivity index (χ0v) is 15.6. The van der Waals surface area contributed by atoms with Gasteiger partial charge in [-0.05, 0) is 55.9 Å². The molecule has 6 nitrogen and oxygen atoms in total. The number of carbonyl (C=O) groups is 3. The third kappa shape index (κ3) is 4.56. The van der Waals surface area contributed by atoms with Gasteiger partial charge < -0.3 is 15.3 Å². The molecule has 2 amide bonds. The van der Waals surface area contributed by atoms with Crippen LogP contribution in [0.15, 0.2) is 36.4 Å². The number of nitrogens with one attached hydrogen (secondary N) is 1. The normalized spacial score (nSPS) is 23.1. The lowest BCUT2D eigenvalue weighted by molar-refractivity contribution is -0.146. The van der Waals surface area contributed by atoms with Gasteiger partial charge >= 0.3 is 5.97 Å². The van der Waals surface area contributed by atoms with Gasteiger partial charge in [0.05, 0.1) is 11.8 Å². The van der Waals surface area contributed by atoms with Gasteiger partial charge in [-0.1, -0.05) is 19.1 Å². The van der Waals surface area contributed by atoms with Crippen LogP contribution in [0.2, 0.25) is 0 Å². The summed E-state index contributed by atoms with van der Waals surface area (Å²) in [4.78, 5) is 38.3. The van der Waals surface area contributed by atoms with Crippen LogP contribution in [-0.2, 0) is 9.59 Å². The van der Waals surface area contributed by atoms with Crippen LogP contribution in [0, 0.1) is 17.8 Å². The highest BCUT2D eigenvalue weighted by Crippen LogP contribution is 2.27. The summed E-state index contributed by atoms with van der Waals surface area (Å²) in [5, 5.41) is 12.1. The maximum Gasteiger partial charge on any atom is 0.307 e. The summed E-state index contributed by atoms with van der Waals surface area (Å²) < 4.78 is 0. The molecule has 0 saturated carbocycles. The molecule has 144 valence electrons. The van der Waals surface area contributed by atoms with Crippen LogP contribution in [0.4, 0.5) is 5.69 Å². The summed E-state index contributed by atoms with van der Waals surface area (Å²) in [6.45, 7) is 3.77. The Morgan fingerprint density at radius 2 is 1.59 bits per heavy atom. The van der Waals surface area contributed by atoms with Crippen molar-refractivity contribution in [3.8, 4) is 0 Å².